The molecule has 0 heterocycles. The fraction of sp³-hybridized carbons (Fsp3) is 0.400. The van der Waals surface area contributed by atoms with Crippen LogP contribution in [0, 0.1) is 5.82 Å². The molecule has 1 nitrogen and oxygen atoms in total. The molecule has 0 aromatic heterocycles. The van der Waals surface area contributed by atoms with Crippen molar-refractivity contribution in [3.63, 3.8) is 0 Å². The molecule has 2 rings (SSSR count). The molecule has 0 radical (unpaired) electrons. The Morgan fingerprint density at radius 1 is 1.05 bits per heavy atom. The predicted octanol–water partition coefficient (Wildman–Crippen LogP) is 6.45. The van der Waals surface area contributed by atoms with E-state index >= 15 is 0 Å². The highest BCUT2D eigenvalue weighted by Gasteiger charge is 2.14. The molecule has 1 aromatic carbocycles. The molecule has 0 aliphatic heterocycles. The number of aliphatic hydroxyl groups is 1. The van der Waals surface area contributed by atoms with Crippen LogP contribution < -0.4 is 0 Å². The van der Waals surface area contributed by atoms with Gasteiger partial charge in [0.25, 0.3) is 0 Å². The molecule has 0 saturated heterocycles. The predicted molar refractivity (Wildman–Crippen MR) is 92.6 cm³/mol. The highest BCUT2D eigenvalue weighted by molar-refractivity contribution is 5.20. The third-order valence-corrected chi connectivity index (χ3v) is 3.81. The smallest absolute Gasteiger partial charge is 0.123 e. The quantitative estimate of drug-likeness (QED) is 0.502. The van der Waals surface area contributed by atoms with E-state index in [2.05, 4.69) is 0 Å². The Hall–Kier alpha value is -1.83. The lowest BCUT2D eigenvalue weighted by Crippen LogP contribution is -2.04. The third kappa shape index (κ3) is 7.26. The summed E-state index contributed by atoms with van der Waals surface area (Å²) in [5.41, 5.74) is 1.32. The van der Waals surface area contributed by atoms with E-state index < -0.39 is 0 Å². The van der Waals surface area contributed by atoms with Crippen molar-refractivity contribution in [3.05, 3.63) is 71.8 Å². The van der Waals surface area contributed by atoms with Crippen molar-refractivity contribution >= 4 is 0 Å². The van der Waals surface area contributed by atoms with E-state index in [1.165, 1.54) is 37.7 Å². The Bertz CT molecular complexity index is 491. The summed E-state index contributed by atoms with van der Waals surface area (Å²) in [4.78, 5) is 0. The van der Waals surface area contributed by atoms with Crippen LogP contribution in [0.5, 0.6) is 0 Å². The summed E-state index contributed by atoms with van der Waals surface area (Å²) >= 11 is 0. The zero-order valence-corrected chi connectivity index (χ0v) is 13.6. The van der Waals surface area contributed by atoms with E-state index in [-0.39, 0.29) is 5.82 Å². The van der Waals surface area contributed by atoms with Crippen LogP contribution in [0.3, 0.4) is 0 Å². The molecule has 0 bridgehead atoms. The van der Waals surface area contributed by atoms with Crippen molar-refractivity contribution in [2.24, 2.45) is 0 Å². The summed E-state index contributed by atoms with van der Waals surface area (Å²) in [6.07, 6.45) is 15.4. The van der Waals surface area contributed by atoms with E-state index in [9.17, 15) is 4.39 Å². The number of hydrogen-bond donors (Lipinski definition) is 1. The van der Waals surface area contributed by atoms with Gasteiger partial charge in [0.1, 0.15) is 11.6 Å². The Morgan fingerprint density at radius 3 is 2.23 bits per heavy atom. The van der Waals surface area contributed by atoms with Gasteiger partial charge in [-0.25, -0.2) is 4.39 Å². The average Bonchev–Trinajstić information content (AvgIpc) is 2.57. The molecule has 1 fully saturated rings. The van der Waals surface area contributed by atoms with Gasteiger partial charge in [-0.2, -0.15) is 0 Å². The molecule has 0 atom stereocenters. The van der Waals surface area contributed by atoms with Gasteiger partial charge in [-0.15, -0.1) is 0 Å². The monoisotopic (exact) mass is 302 g/mol. The maximum absolute atomic E-state index is 12.7. The summed E-state index contributed by atoms with van der Waals surface area (Å²) in [6, 6.07) is 7.02. The molecule has 22 heavy (non-hydrogen) atoms. The van der Waals surface area contributed by atoms with E-state index in [0.717, 1.165) is 0 Å². The lowest BCUT2D eigenvalue weighted by molar-refractivity contribution is 0.431. The third-order valence-electron chi connectivity index (χ3n) is 3.81. The van der Waals surface area contributed by atoms with Gasteiger partial charge in [0.2, 0.25) is 0 Å². The van der Waals surface area contributed by atoms with Crippen LogP contribution in [0.4, 0.5) is 4.39 Å². The van der Waals surface area contributed by atoms with Crippen molar-refractivity contribution in [1.82, 2.24) is 0 Å². The van der Waals surface area contributed by atoms with Crippen LogP contribution in [0.2, 0.25) is 0 Å². The number of rotatable bonds is 3. The van der Waals surface area contributed by atoms with E-state index in [1.54, 1.807) is 37.3 Å². The van der Waals surface area contributed by atoms with Gasteiger partial charge < -0.3 is 5.11 Å². The summed E-state index contributed by atoms with van der Waals surface area (Å²) in [7, 11) is 0. The minimum atomic E-state index is -0.125. The van der Waals surface area contributed by atoms with Gasteiger partial charge in [0.15, 0.2) is 0 Å². The van der Waals surface area contributed by atoms with Crippen molar-refractivity contribution in [2.75, 3.05) is 0 Å². The highest BCUT2D eigenvalue weighted by atomic mass is 19.1. The van der Waals surface area contributed by atoms with E-state index in [1.807, 2.05) is 31.2 Å². The van der Waals surface area contributed by atoms with Crippen molar-refractivity contribution < 1.29 is 9.50 Å². The number of aliphatic hydroxyl groups excluding tert-OH is 1. The van der Waals surface area contributed by atoms with Crippen molar-refractivity contribution in [3.8, 4) is 0 Å². The van der Waals surface area contributed by atoms with Gasteiger partial charge in [0.05, 0.1) is 0 Å². The molecule has 120 valence electrons. The van der Waals surface area contributed by atoms with E-state index in [0.29, 0.717) is 11.7 Å². The molecule has 0 spiro atoms. The summed E-state index contributed by atoms with van der Waals surface area (Å²) in [5, 5.41) is 8.82. The van der Waals surface area contributed by atoms with Crippen LogP contribution >= 0.6 is 0 Å². The first kappa shape index (κ1) is 18.2. The molecule has 1 aromatic rings. The van der Waals surface area contributed by atoms with Crippen LogP contribution in [-0.2, 0) is 0 Å². The normalized spacial score (nSPS) is 16.8. The maximum atomic E-state index is 12.7. The molecule has 1 N–H and O–H groups in total. The second-order valence-electron chi connectivity index (χ2n) is 5.48. The molecular formula is C20H27FO. The van der Waals surface area contributed by atoms with Crippen LogP contribution in [0.25, 0.3) is 0 Å². The van der Waals surface area contributed by atoms with Gasteiger partial charge in [-0.3, -0.25) is 0 Å². The van der Waals surface area contributed by atoms with Crippen molar-refractivity contribution in [2.45, 2.75) is 51.9 Å². The number of halogens is 1. The maximum Gasteiger partial charge on any atom is 0.123 e. The fourth-order valence-corrected chi connectivity index (χ4v) is 2.53. The average molecular weight is 302 g/mol. The first-order valence-electron chi connectivity index (χ1n) is 8.07. The van der Waals surface area contributed by atoms with Gasteiger partial charge in [-0.1, -0.05) is 49.6 Å². The van der Waals surface area contributed by atoms with Crippen molar-refractivity contribution in [1.29, 1.82) is 0 Å². The molecule has 1 saturated carbocycles. The molecular weight excluding hydrogens is 275 g/mol. The number of hydrogen-bond acceptors (Lipinski definition) is 1. The van der Waals surface area contributed by atoms with E-state index in [4.69, 9.17) is 5.11 Å². The molecule has 0 unspecified atom stereocenters. The van der Waals surface area contributed by atoms with Gasteiger partial charge in [0, 0.05) is 0 Å². The number of benzene rings is 1. The summed E-state index contributed by atoms with van der Waals surface area (Å²) in [6.45, 7) is 3.71. The number of allylic oxidation sites excluding steroid dienone is 5. The Morgan fingerprint density at radius 2 is 1.68 bits per heavy atom. The molecule has 1 aliphatic rings. The summed E-state index contributed by atoms with van der Waals surface area (Å²) in [5.74, 6) is 0.863. The second kappa shape index (κ2) is 10.8. The zero-order valence-electron chi connectivity index (χ0n) is 13.6. The van der Waals surface area contributed by atoms with Crippen LogP contribution in [0.1, 0.15) is 57.4 Å². The SMILES string of the molecule is C\C=C/C=C\C(O)=C/C.Fc1ccc(C2CCCCC2)cc1. The summed E-state index contributed by atoms with van der Waals surface area (Å²) < 4.78 is 12.7. The standard InChI is InChI=1S/C12H15F.C8H12O/c13-12-8-6-11(7-9-12)10-4-2-1-3-5-10;1-3-5-6-7-8(9)4-2/h6-10H,1-5H2;3-7,9H,1-2H3/b;5-3-,7-6-,8-4+. The van der Waals surface area contributed by atoms with Gasteiger partial charge in [-0.05, 0) is 62.5 Å². The molecule has 1 aliphatic carbocycles. The zero-order chi connectivity index (χ0) is 16.2. The molecule has 2 heteroatoms. The largest absolute Gasteiger partial charge is 0.508 e. The minimum Gasteiger partial charge on any atom is -0.508 e. The first-order valence-corrected chi connectivity index (χ1v) is 8.07. The Balaban J connectivity index is 0.000000239. The van der Waals surface area contributed by atoms with Crippen LogP contribution in [-0.4, -0.2) is 5.11 Å². The fourth-order valence-electron chi connectivity index (χ4n) is 2.53. The Kier molecular flexibility index (Phi) is 8.97. The van der Waals surface area contributed by atoms with Crippen LogP contribution in [0.15, 0.2) is 60.4 Å². The second-order valence-corrected chi connectivity index (χ2v) is 5.48. The highest BCUT2D eigenvalue weighted by Crippen LogP contribution is 2.32. The van der Waals surface area contributed by atoms with Gasteiger partial charge >= 0.3 is 0 Å². The first-order chi connectivity index (χ1) is 10.7. The lowest BCUT2D eigenvalue weighted by atomic mass is 9.84. The lowest BCUT2D eigenvalue weighted by Gasteiger charge is -2.21. The topological polar surface area (TPSA) is 20.2 Å². The minimum absolute atomic E-state index is 0.125. The molecule has 0 amide bonds. The Labute approximate surface area is 133 Å².